The predicted octanol–water partition coefficient (Wildman–Crippen LogP) is 3.37. The van der Waals surface area contributed by atoms with Gasteiger partial charge in [0.05, 0.1) is 6.54 Å². The molecule has 1 saturated heterocycles. The Bertz CT molecular complexity index is 785. The van der Waals surface area contributed by atoms with E-state index in [1.165, 1.54) is 18.9 Å². The van der Waals surface area contributed by atoms with Gasteiger partial charge in [-0.25, -0.2) is 9.97 Å². The van der Waals surface area contributed by atoms with Crippen LogP contribution < -0.4 is 10.2 Å². The lowest BCUT2D eigenvalue weighted by Gasteiger charge is -2.17. The van der Waals surface area contributed by atoms with E-state index in [0.29, 0.717) is 17.4 Å². The largest absolute Gasteiger partial charge is 0.357 e. The number of amides is 1. The molecular weight excluding hydrogens is 336 g/mol. The summed E-state index contributed by atoms with van der Waals surface area (Å²) in [6.45, 7) is 4.31. The molecular formula is C19H21ClN4O. The van der Waals surface area contributed by atoms with Gasteiger partial charge in [-0.3, -0.25) is 4.79 Å². The van der Waals surface area contributed by atoms with Crippen LogP contribution in [0.25, 0.3) is 6.08 Å². The molecule has 1 aromatic heterocycles. The number of hydrogen-bond donors (Lipinski definition) is 1. The molecule has 1 fully saturated rings. The Kier molecular flexibility index (Phi) is 5.66. The third-order valence-corrected chi connectivity index (χ3v) is 4.40. The number of hydrogen-bond acceptors (Lipinski definition) is 4. The Morgan fingerprint density at radius 2 is 2.04 bits per heavy atom. The summed E-state index contributed by atoms with van der Waals surface area (Å²) >= 11 is 6.07. The highest BCUT2D eigenvalue weighted by Gasteiger charge is 2.15. The molecule has 1 amide bonds. The summed E-state index contributed by atoms with van der Waals surface area (Å²) in [5.41, 5.74) is 1.72. The van der Waals surface area contributed by atoms with Gasteiger partial charge in [0.15, 0.2) is 0 Å². The predicted molar refractivity (Wildman–Crippen MR) is 101 cm³/mol. The number of nitrogens with zero attached hydrogens (tertiary/aromatic N) is 3. The number of anilines is 1. The molecule has 1 aromatic carbocycles. The number of rotatable bonds is 5. The minimum atomic E-state index is -0.201. The summed E-state index contributed by atoms with van der Waals surface area (Å²) in [7, 11) is 0. The Hall–Kier alpha value is -2.40. The lowest BCUT2D eigenvalue weighted by molar-refractivity contribution is -0.116. The minimum Gasteiger partial charge on any atom is -0.357 e. The third kappa shape index (κ3) is 4.79. The smallest absolute Gasteiger partial charge is 0.244 e. The molecule has 0 radical (unpaired) electrons. The summed E-state index contributed by atoms with van der Waals surface area (Å²) in [6, 6.07) is 9.38. The van der Waals surface area contributed by atoms with Gasteiger partial charge in [-0.2, -0.15) is 0 Å². The fourth-order valence-electron chi connectivity index (χ4n) is 2.80. The zero-order chi connectivity index (χ0) is 17.6. The summed E-state index contributed by atoms with van der Waals surface area (Å²) in [5, 5.41) is 3.44. The summed E-state index contributed by atoms with van der Waals surface area (Å²) < 4.78 is 0. The van der Waals surface area contributed by atoms with Gasteiger partial charge in [-0.15, -0.1) is 0 Å². The molecule has 5 nitrogen and oxygen atoms in total. The monoisotopic (exact) mass is 356 g/mol. The molecule has 130 valence electrons. The summed E-state index contributed by atoms with van der Waals surface area (Å²) in [6.07, 6.45) is 5.56. The first-order valence-electron chi connectivity index (χ1n) is 8.42. The van der Waals surface area contributed by atoms with E-state index >= 15 is 0 Å². The molecule has 0 atom stereocenters. The van der Waals surface area contributed by atoms with E-state index in [0.717, 1.165) is 30.2 Å². The van der Waals surface area contributed by atoms with Crippen LogP contribution >= 0.6 is 11.6 Å². The highest BCUT2D eigenvalue weighted by atomic mass is 35.5. The maximum Gasteiger partial charge on any atom is 0.244 e. The van der Waals surface area contributed by atoms with Crippen molar-refractivity contribution in [2.45, 2.75) is 26.3 Å². The van der Waals surface area contributed by atoms with E-state index in [2.05, 4.69) is 20.2 Å². The second-order valence-electron chi connectivity index (χ2n) is 6.05. The van der Waals surface area contributed by atoms with Gasteiger partial charge in [-0.1, -0.05) is 29.8 Å². The molecule has 0 aliphatic carbocycles. The number of aryl methyl sites for hydroxylation is 1. The second kappa shape index (κ2) is 8.12. The average molecular weight is 357 g/mol. The summed E-state index contributed by atoms with van der Waals surface area (Å²) in [5.74, 6) is 1.37. The van der Waals surface area contributed by atoms with Crippen molar-refractivity contribution in [3.8, 4) is 0 Å². The van der Waals surface area contributed by atoms with E-state index in [-0.39, 0.29) is 5.91 Å². The van der Waals surface area contributed by atoms with Crippen molar-refractivity contribution in [3.05, 3.63) is 58.5 Å². The van der Waals surface area contributed by atoms with Crippen LogP contribution in [-0.2, 0) is 11.3 Å². The maximum absolute atomic E-state index is 12.0. The molecule has 0 spiro atoms. The van der Waals surface area contributed by atoms with Crippen LogP contribution in [0.1, 0.15) is 29.9 Å². The Labute approximate surface area is 152 Å². The van der Waals surface area contributed by atoms with E-state index in [1.807, 2.05) is 31.2 Å². The standard InChI is InChI=1S/C19H21ClN4O/c1-14-12-18(24-10-4-5-11-24)23-17(22-14)13-21-19(25)9-8-15-6-2-3-7-16(15)20/h2-3,6-9,12H,4-5,10-11,13H2,1H3,(H,21,25)/b9-8+. The van der Waals surface area contributed by atoms with Gasteiger partial charge in [0.1, 0.15) is 11.6 Å². The van der Waals surface area contributed by atoms with Crippen LogP contribution in [-0.4, -0.2) is 29.0 Å². The van der Waals surface area contributed by atoms with E-state index in [1.54, 1.807) is 12.1 Å². The van der Waals surface area contributed by atoms with Crippen LogP contribution in [0.3, 0.4) is 0 Å². The fourth-order valence-corrected chi connectivity index (χ4v) is 3.00. The molecule has 0 unspecified atom stereocenters. The van der Waals surface area contributed by atoms with Crippen molar-refractivity contribution in [1.29, 1.82) is 0 Å². The zero-order valence-electron chi connectivity index (χ0n) is 14.2. The number of nitrogens with one attached hydrogen (secondary N) is 1. The van der Waals surface area contributed by atoms with Crippen molar-refractivity contribution in [2.75, 3.05) is 18.0 Å². The lowest BCUT2D eigenvalue weighted by Crippen LogP contribution is -2.24. The van der Waals surface area contributed by atoms with Gasteiger partial charge in [0.25, 0.3) is 0 Å². The van der Waals surface area contributed by atoms with Crippen molar-refractivity contribution in [2.24, 2.45) is 0 Å². The van der Waals surface area contributed by atoms with E-state index in [9.17, 15) is 4.79 Å². The number of aromatic nitrogens is 2. The van der Waals surface area contributed by atoms with Gasteiger partial charge in [0.2, 0.25) is 5.91 Å². The van der Waals surface area contributed by atoms with Crippen molar-refractivity contribution < 1.29 is 4.79 Å². The van der Waals surface area contributed by atoms with Crippen LogP contribution in [0, 0.1) is 6.92 Å². The van der Waals surface area contributed by atoms with Crippen molar-refractivity contribution in [3.63, 3.8) is 0 Å². The van der Waals surface area contributed by atoms with Gasteiger partial charge >= 0.3 is 0 Å². The van der Waals surface area contributed by atoms with Crippen molar-refractivity contribution >= 4 is 29.4 Å². The molecule has 6 heteroatoms. The highest BCUT2D eigenvalue weighted by molar-refractivity contribution is 6.32. The second-order valence-corrected chi connectivity index (χ2v) is 6.46. The summed E-state index contributed by atoms with van der Waals surface area (Å²) in [4.78, 5) is 23.3. The molecule has 1 N–H and O–H groups in total. The minimum absolute atomic E-state index is 0.201. The quantitative estimate of drug-likeness (QED) is 0.834. The fraction of sp³-hybridized carbons (Fsp3) is 0.316. The maximum atomic E-state index is 12.0. The molecule has 2 aromatic rings. The first-order chi connectivity index (χ1) is 12.1. The SMILES string of the molecule is Cc1cc(N2CCCC2)nc(CNC(=O)/C=C/c2ccccc2Cl)n1. The third-order valence-electron chi connectivity index (χ3n) is 4.06. The number of benzene rings is 1. The van der Waals surface area contributed by atoms with Crippen molar-refractivity contribution in [1.82, 2.24) is 15.3 Å². The van der Waals surface area contributed by atoms with Gasteiger partial charge < -0.3 is 10.2 Å². The normalized spacial score (nSPS) is 14.2. The zero-order valence-corrected chi connectivity index (χ0v) is 15.0. The van der Waals surface area contributed by atoms with E-state index < -0.39 is 0 Å². The van der Waals surface area contributed by atoms with Crippen LogP contribution in [0.15, 0.2) is 36.4 Å². The first kappa shape index (κ1) is 17.4. The number of carbonyl (C=O) groups is 1. The molecule has 0 bridgehead atoms. The van der Waals surface area contributed by atoms with Crippen LogP contribution in [0.2, 0.25) is 5.02 Å². The Morgan fingerprint density at radius 3 is 2.80 bits per heavy atom. The molecule has 0 saturated carbocycles. The topological polar surface area (TPSA) is 58.1 Å². The van der Waals surface area contributed by atoms with Crippen LogP contribution in [0.4, 0.5) is 5.82 Å². The van der Waals surface area contributed by atoms with E-state index in [4.69, 9.17) is 11.6 Å². The van der Waals surface area contributed by atoms with Crippen LogP contribution in [0.5, 0.6) is 0 Å². The molecule has 2 heterocycles. The number of halogens is 1. The Morgan fingerprint density at radius 1 is 1.28 bits per heavy atom. The Balaban J connectivity index is 1.61. The molecule has 1 aliphatic heterocycles. The lowest BCUT2D eigenvalue weighted by atomic mass is 10.2. The molecule has 25 heavy (non-hydrogen) atoms. The average Bonchev–Trinajstić information content (AvgIpc) is 3.13. The molecule has 3 rings (SSSR count). The highest BCUT2D eigenvalue weighted by Crippen LogP contribution is 2.18. The van der Waals surface area contributed by atoms with Gasteiger partial charge in [-0.05, 0) is 37.5 Å². The number of carbonyl (C=O) groups excluding carboxylic acids is 1. The first-order valence-corrected chi connectivity index (χ1v) is 8.79. The molecule has 1 aliphatic rings. The van der Waals surface area contributed by atoms with Gasteiger partial charge in [0, 0.05) is 35.9 Å².